The molecule has 3 rings (SSSR count). The van der Waals surface area contributed by atoms with E-state index >= 15 is 0 Å². The molecule has 0 nitrogen and oxygen atoms in total. The molecule has 0 amide bonds. The highest BCUT2D eigenvalue weighted by Gasteiger charge is 2.15. The molecule has 103 valence electrons. The molecule has 3 aromatic carbocycles. The third-order valence-electron chi connectivity index (χ3n) is 3.70. The van der Waals surface area contributed by atoms with Gasteiger partial charge in [-0.2, -0.15) is 0 Å². The van der Waals surface area contributed by atoms with Gasteiger partial charge in [0.1, 0.15) is 0 Å². The summed E-state index contributed by atoms with van der Waals surface area (Å²) in [6, 6.07) is 35.1. The van der Waals surface area contributed by atoms with E-state index in [9.17, 15) is 0 Å². The molecule has 21 heavy (non-hydrogen) atoms. The Morgan fingerprint density at radius 3 is 1.29 bits per heavy atom. The van der Waals surface area contributed by atoms with E-state index in [1.165, 1.54) is 28.4 Å². The van der Waals surface area contributed by atoms with Crippen molar-refractivity contribution >= 4 is 14.0 Å². The van der Waals surface area contributed by atoms with Crippen LogP contribution in [0.5, 0.6) is 0 Å². The summed E-state index contributed by atoms with van der Waals surface area (Å²) in [5.41, 5.74) is 2.90. The van der Waals surface area contributed by atoms with Gasteiger partial charge in [-0.05, 0) is 12.1 Å². The van der Waals surface area contributed by atoms with E-state index in [0.29, 0.717) is 0 Å². The molecule has 0 saturated heterocycles. The Balaban J connectivity index is 1.84. The van der Waals surface area contributed by atoms with Crippen molar-refractivity contribution in [1.82, 2.24) is 0 Å². The average molecular weight is 287 g/mol. The third kappa shape index (κ3) is 3.93. The fourth-order valence-electron chi connectivity index (χ4n) is 2.63. The molecule has 0 fully saturated rings. The first-order valence-electron chi connectivity index (χ1n) is 7.40. The Bertz CT molecular complexity index is 606. The van der Waals surface area contributed by atoms with E-state index in [1.54, 1.807) is 0 Å². The van der Waals surface area contributed by atoms with E-state index in [0.717, 1.165) is 0 Å². The second kappa shape index (κ2) is 7.05. The summed E-state index contributed by atoms with van der Waals surface area (Å²) in [5.74, 6) is 0. The van der Waals surface area contributed by atoms with Gasteiger partial charge in [-0.1, -0.05) is 107 Å². The minimum absolute atomic E-state index is 0.627. The summed E-state index contributed by atoms with van der Waals surface area (Å²) in [6.07, 6.45) is 0. The van der Waals surface area contributed by atoms with Crippen LogP contribution in [0.25, 0.3) is 0 Å². The van der Waals surface area contributed by atoms with Crippen LogP contribution in [0.2, 0.25) is 0 Å². The van der Waals surface area contributed by atoms with E-state index < -0.39 is 8.80 Å². The van der Waals surface area contributed by atoms with Crippen LogP contribution < -0.4 is 5.19 Å². The minimum Gasteiger partial charge on any atom is -0.0632 e. The molecule has 0 aliphatic rings. The molecule has 0 saturated carbocycles. The van der Waals surface area contributed by atoms with Crippen LogP contribution in [0.3, 0.4) is 0 Å². The number of rotatable bonds is 5. The highest BCUT2D eigenvalue weighted by atomic mass is 28.3. The van der Waals surface area contributed by atoms with Gasteiger partial charge >= 0.3 is 0 Å². The zero-order valence-corrected chi connectivity index (χ0v) is 13.1. The van der Waals surface area contributed by atoms with Crippen molar-refractivity contribution < 1.29 is 0 Å². The SMILES string of the molecule is c1ccc(C[Si](Cc2ccccc2)c2ccccc2)cc1. The van der Waals surface area contributed by atoms with Crippen LogP contribution in [0, 0.1) is 0 Å². The van der Waals surface area contributed by atoms with Crippen molar-refractivity contribution in [1.29, 1.82) is 0 Å². The zero-order valence-electron chi connectivity index (χ0n) is 12.1. The smallest absolute Gasteiger partial charge is 0.0632 e. The number of benzene rings is 3. The van der Waals surface area contributed by atoms with Gasteiger partial charge in [-0.25, -0.2) is 0 Å². The van der Waals surface area contributed by atoms with Gasteiger partial charge in [0.15, 0.2) is 0 Å². The second-order valence-corrected chi connectivity index (χ2v) is 7.79. The molecule has 1 heteroatoms. The van der Waals surface area contributed by atoms with Crippen LogP contribution in [0.4, 0.5) is 0 Å². The van der Waals surface area contributed by atoms with Crippen molar-refractivity contribution in [3.63, 3.8) is 0 Å². The van der Waals surface area contributed by atoms with Gasteiger partial charge in [-0.15, -0.1) is 0 Å². The van der Waals surface area contributed by atoms with Crippen LogP contribution >= 0.6 is 0 Å². The molecule has 0 spiro atoms. The van der Waals surface area contributed by atoms with E-state index in [4.69, 9.17) is 0 Å². The molecule has 0 N–H and O–H groups in total. The Morgan fingerprint density at radius 1 is 0.476 bits per heavy atom. The van der Waals surface area contributed by atoms with Gasteiger partial charge in [0.05, 0.1) is 8.80 Å². The zero-order chi connectivity index (χ0) is 14.3. The van der Waals surface area contributed by atoms with Crippen molar-refractivity contribution in [2.75, 3.05) is 0 Å². The van der Waals surface area contributed by atoms with Gasteiger partial charge < -0.3 is 0 Å². The van der Waals surface area contributed by atoms with Crippen molar-refractivity contribution in [3.05, 3.63) is 102 Å². The molecule has 0 aromatic heterocycles. The molecule has 0 heterocycles. The van der Waals surface area contributed by atoms with Crippen molar-refractivity contribution in [2.45, 2.75) is 12.1 Å². The van der Waals surface area contributed by atoms with Crippen molar-refractivity contribution in [2.24, 2.45) is 0 Å². The fourth-order valence-corrected chi connectivity index (χ4v) is 5.28. The minimum atomic E-state index is -0.627. The lowest BCUT2D eigenvalue weighted by molar-refractivity contribution is 1.27. The average Bonchev–Trinajstić information content (AvgIpc) is 2.57. The summed E-state index contributed by atoms with van der Waals surface area (Å²) in [7, 11) is -0.627. The second-order valence-electron chi connectivity index (χ2n) is 5.29. The topological polar surface area (TPSA) is 0 Å². The van der Waals surface area contributed by atoms with Crippen LogP contribution in [0.1, 0.15) is 11.1 Å². The molecule has 0 bridgehead atoms. The predicted molar refractivity (Wildman–Crippen MR) is 92.1 cm³/mol. The summed E-state index contributed by atoms with van der Waals surface area (Å²) < 4.78 is 0. The van der Waals surface area contributed by atoms with Crippen LogP contribution in [-0.4, -0.2) is 8.80 Å². The Labute approximate surface area is 128 Å². The largest absolute Gasteiger partial charge is 0.0947 e. The maximum absolute atomic E-state index is 2.29. The highest BCUT2D eigenvalue weighted by molar-refractivity contribution is 6.72. The first-order valence-corrected chi connectivity index (χ1v) is 9.31. The first kappa shape index (κ1) is 13.8. The molecular weight excluding hydrogens is 268 g/mol. The van der Waals surface area contributed by atoms with E-state index in [-0.39, 0.29) is 0 Å². The lowest BCUT2D eigenvalue weighted by Crippen LogP contribution is -2.35. The fraction of sp³-hybridized carbons (Fsp3) is 0.100. The summed E-state index contributed by atoms with van der Waals surface area (Å²) in [6.45, 7) is 0. The third-order valence-corrected chi connectivity index (χ3v) is 6.52. The highest BCUT2D eigenvalue weighted by Crippen LogP contribution is 2.09. The molecule has 0 aliphatic carbocycles. The van der Waals surface area contributed by atoms with E-state index in [2.05, 4.69) is 91.0 Å². The summed E-state index contributed by atoms with van der Waals surface area (Å²) in [4.78, 5) is 0. The normalized spacial score (nSPS) is 10.7. The molecular formula is C20H19Si. The standard InChI is InChI=1S/C20H19Si/c1-4-10-18(11-5-1)16-21(20-14-8-3-9-15-20)17-19-12-6-2-7-13-19/h1-15H,16-17H2. The number of hydrogen-bond acceptors (Lipinski definition) is 0. The Kier molecular flexibility index (Phi) is 4.65. The van der Waals surface area contributed by atoms with Gasteiger partial charge in [0.2, 0.25) is 0 Å². The van der Waals surface area contributed by atoms with Crippen LogP contribution in [-0.2, 0) is 12.1 Å². The maximum Gasteiger partial charge on any atom is 0.0947 e. The Hall–Kier alpha value is -2.12. The van der Waals surface area contributed by atoms with Gasteiger partial charge in [-0.3, -0.25) is 0 Å². The lowest BCUT2D eigenvalue weighted by Gasteiger charge is -2.16. The van der Waals surface area contributed by atoms with Crippen molar-refractivity contribution in [3.8, 4) is 0 Å². The predicted octanol–water partition coefficient (Wildman–Crippen LogP) is 3.95. The Morgan fingerprint density at radius 2 is 0.857 bits per heavy atom. The quantitative estimate of drug-likeness (QED) is 0.623. The lowest BCUT2D eigenvalue weighted by atomic mass is 10.2. The molecule has 1 radical (unpaired) electrons. The summed E-state index contributed by atoms with van der Waals surface area (Å²) in [5, 5.41) is 1.52. The molecule has 0 aliphatic heterocycles. The van der Waals surface area contributed by atoms with Gasteiger partial charge in [0, 0.05) is 0 Å². The maximum atomic E-state index is 2.29. The summed E-state index contributed by atoms with van der Waals surface area (Å²) >= 11 is 0. The van der Waals surface area contributed by atoms with Gasteiger partial charge in [0.25, 0.3) is 0 Å². The number of hydrogen-bond donors (Lipinski definition) is 0. The monoisotopic (exact) mass is 287 g/mol. The first-order chi connectivity index (χ1) is 10.4. The van der Waals surface area contributed by atoms with Crippen LogP contribution in [0.15, 0.2) is 91.0 Å². The molecule has 0 atom stereocenters. The molecule has 3 aromatic rings. The van der Waals surface area contributed by atoms with E-state index in [1.807, 2.05) is 0 Å². The molecule has 0 unspecified atom stereocenters.